The molecule has 0 amide bonds. The maximum absolute atomic E-state index is 12.8. The first-order valence-corrected chi connectivity index (χ1v) is 25.6. The van der Waals surface area contributed by atoms with Crippen molar-refractivity contribution in [1.29, 1.82) is 0 Å². The van der Waals surface area contributed by atoms with Crippen LogP contribution in [0, 0.1) is 17.8 Å². The Balaban J connectivity index is 4.28. The van der Waals surface area contributed by atoms with Gasteiger partial charge in [-0.05, 0) is 37.0 Å². The summed E-state index contributed by atoms with van der Waals surface area (Å²) < 4.78 is 16.8. The summed E-state index contributed by atoms with van der Waals surface area (Å²) in [6.45, 7) is 13.7. The molecule has 0 rings (SSSR count). The molecule has 0 bridgehead atoms. The number of carbonyl (C=O) groups excluding carboxylic acids is 3. The van der Waals surface area contributed by atoms with Crippen LogP contribution in [0.1, 0.15) is 279 Å². The zero-order chi connectivity index (χ0) is 42.7. The molecule has 0 fully saturated rings. The molecule has 0 radical (unpaired) electrons. The van der Waals surface area contributed by atoms with Gasteiger partial charge in [0.1, 0.15) is 13.2 Å². The minimum absolute atomic E-state index is 0.0652. The Hall–Kier alpha value is -1.59. The van der Waals surface area contributed by atoms with E-state index >= 15 is 0 Å². The van der Waals surface area contributed by atoms with Crippen LogP contribution in [0.3, 0.4) is 0 Å². The Bertz CT molecular complexity index is 898. The Labute approximate surface area is 361 Å². The molecule has 6 heteroatoms. The van der Waals surface area contributed by atoms with Gasteiger partial charge in [-0.25, -0.2) is 0 Å². The quantitative estimate of drug-likeness (QED) is 0.0346. The van der Waals surface area contributed by atoms with Gasteiger partial charge < -0.3 is 14.2 Å². The van der Waals surface area contributed by atoms with Crippen LogP contribution in [0.4, 0.5) is 0 Å². The SMILES string of the molecule is CC(C)CCCCCCCCCCCCCCCCC(=O)OC[C@@H](COC(=O)CCCCCCCCCCC(C)C)OC(=O)CCCCCCCCCCCC(C)C. The normalized spacial score (nSPS) is 12.2. The average molecular weight is 821 g/mol. The van der Waals surface area contributed by atoms with E-state index in [1.807, 2.05) is 0 Å². The average Bonchev–Trinajstić information content (AvgIpc) is 3.18. The fourth-order valence-electron chi connectivity index (χ4n) is 7.76. The summed E-state index contributed by atoms with van der Waals surface area (Å²) in [6.07, 6.45) is 42.4. The lowest BCUT2D eigenvalue weighted by Gasteiger charge is -2.18. The zero-order valence-electron chi connectivity index (χ0n) is 39.8. The lowest BCUT2D eigenvalue weighted by Crippen LogP contribution is -2.30. The maximum Gasteiger partial charge on any atom is 0.306 e. The summed E-state index contributed by atoms with van der Waals surface area (Å²) in [5.74, 6) is 1.59. The molecule has 0 aromatic carbocycles. The molecule has 344 valence electrons. The first kappa shape index (κ1) is 56.4. The van der Waals surface area contributed by atoms with E-state index < -0.39 is 6.10 Å². The van der Waals surface area contributed by atoms with Gasteiger partial charge in [-0.2, -0.15) is 0 Å². The molecular formula is C52H100O6. The second-order valence-electron chi connectivity index (χ2n) is 19.2. The highest BCUT2D eigenvalue weighted by molar-refractivity contribution is 5.71. The molecule has 0 saturated heterocycles. The van der Waals surface area contributed by atoms with Crippen LogP contribution >= 0.6 is 0 Å². The molecule has 0 heterocycles. The predicted molar refractivity (Wildman–Crippen MR) is 247 cm³/mol. The van der Waals surface area contributed by atoms with Crippen molar-refractivity contribution < 1.29 is 28.6 Å². The molecule has 0 aromatic heterocycles. The molecular weight excluding hydrogens is 721 g/mol. The van der Waals surface area contributed by atoms with Crippen LogP contribution in [0.15, 0.2) is 0 Å². The largest absolute Gasteiger partial charge is 0.462 e. The molecule has 0 saturated carbocycles. The molecule has 0 aliphatic rings. The summed E-state index contributed by atoms with van der Waals surface area (Å²) in [7, 11) is 0. The number of carbonyl (C=O) groups is 3. The zero-order valence-corrected chi connectivity index (χ0v) is 39.8. The Morgan fingerprint density at radius 1 is 0.293 bits per heavy atom. The van der Waals surface area contributed by atoms with Crippen molar-refractivity contribution in [2.45, 2.75) is 285 Å². The van der Waals surface area contributed by atoms with E-state index in [2.05, 4.69) is 41.5 Å². The molecule has 0 aromatic rings. The van der Waals surface area contributed by atoms with Gasteiger partial charge in [-0.3, -0.25) is 14.4 Å². The minimum atomic E-state index is -0.762. The molecule has 0 spiro atoms. The highest BCUT2D eigenvalue weighted by Gasteiger charge is 2.19. The van der Waals surface area contributed by atoms with Gasteiger partial charge in [0, 0.05) is 19.3 Å². The molecule has 0 N–H and O–H groups in total. The van der Waals surface area contributed by atoms with E-state index in [4.69, 9.17) is 14.2 Å². The van der Waals surface area contributed by atoms with E-state index in [0.717, 1.165) is 75.5 Å². The standard InChI is InChI=1S/C52H100O6/c1-46(2)38-32-26-20-14-11-9-7-8-10-12-16-23-29-35-41-50(53)56-44-49(45-57-51(54)42-36-30-24-19-18-22-28-34-40-48(5)6)58-52(55)43-37-31-25-17-13-15-21-27-33-39-47(3)4/h46-49H,7-45H2,1-6H3/t49-/m0/s1. The first-order chi connectivity index (χ1) is 28.1. The van der Waals surface area contributed by atoms with E-state index in [1.54, 1.807) is 0 Å². The molecule has 0 aliphatic heterocycles. The lowest BCUT2D eigenvalue weighted by molar-refractivity contribution is -0.167. The monoisotopic (exact) mass is 821 g/mol. The summed E-state index contributed by atoms with van der Waals surface area (Å²) >= 11 is 0. The number of unbranched alkanes of at least 4 members (excludes halogenated alkanes) is 28. The maximum atomic E-state index is 12.8. The highest BCUT2D eigenvalue weighted by Crippen LogP contribution is 2.17. The summed E-state index contributed by atoms with van der Waals surface area (Å²) in [6, 6.07) is 0. The molecule has 6 nitrogen and oxygen atoms in total. The van der Waals surface area contributed by atoms with Crippen LogP contribution in [-0.4, -0.2) is 37.2 Å². The second kappa shape index (κ2) is 43.5. The van der Waals surface area contributed by atoms with Gasteiger partial charge in [-0.15, -0.1) is 0 Å². The van der Waals surface area contributed by atoms with Crippen molar-refractivity contribution in [3.8, 4) is 0 Å². The third kappa shape index (κ3) is 45.5. The van der Waals surface area contributed by atoms with Crippen molar-refractivity contribution >= 4 is 17.9 Å². The third-order valence-corrected chi connectivity index (χ3v) is 11.6. The molecule has 58 heavy (non-hydrogen) atoms. The fourth-order valence-corrected chi connectivity index (χ4v) is 7.76. The van der Waals surface area contributed by atoms with Crippen molar-refractivity contribution in [3.05, 3.63) is 0 Å². The van der Waals surface area contributed by atoms with Crippen LogP contribution in [0.5, 0.6) is 0 Å². The lowest BCUT2D eigenvalue weighted by atomic mass is 10.0. The van der Waals surface area contributed by atoms with Crippen LogP contribution in [0.2, 0.25) is 0 Å². The van der Waals surface area contributed by atoms with Crippen molar-refractivity contribution in [1.82, 2.24) is 0 Å². The van der Waals surface area contributed by atoms with Gasteiger partial charge in [-0.1, -0.05) is 241 Å². The summed E-state index contributed by atoms with van der Waals surface area (Å²) in [4.78, 5) is 37.9. The first-order valence-electron chi connectivity index (χ1n) is 25.6. The Morgan fingerprint density at radius 2 is 0.500 bits per heavy atom. The Kier molecular flexibility index (Phi) is 42.3. The third-order valence-electron chi connectivity index (χ3n) is 11.6. The number of ether oxygens (including phenoxy) is 3. The highest BCUT2D eigenvalue weighted by atomic mass is 16.6. The van der Waals surface area contributed by atoms with Crippen molar-refractivity contribution in [2.75, 3.05) is 13.2 Å². The topological polar surface area (TPSA) is 78.9 Å². The van der Waals surface area contributed by atoms with E-state index in [-0.39, 0.29) is 31.1 Å². The molecule has 1 atom stereocenters. The molecule has 0 aliphatic carbocycles. The number of hydrogen-bond donors (Lipinski definition) is 0. The van der Waals surface area contributed by atoms with E-state index in [9.17, 15) is 14.4 Å². The fraction of sp³-hybridized carbons (Fsp3) is 0.942. The van der Waals surface area contributed by atoms with Gasteiger partial charge in [0.2, 0.25) is 0 Å². The summed E-state index contributed by atoms with van der Waals surface area (Å²) in [5, 5.41) is 0. The second-order valence-corrected chi connectivity index (χ2v) is 19.2. The van der Waals surface area contributed by atoms with Crippen molar-refractivity contribution in [2.24, 2.45) is 17.8 Å². The van der Waals surface area contributed by atoms with E-state index in [1.165, 1.54) is 161 Å². The van der Waals surface area contributed by atoms with Gasteiger partial charge in [0.25, 0.3) is 0 Å². The van der Waals surface area contributed by atoms with Gasteiger partial charge in [0.05, 0.1) is 0 Å². The van der Waals surface area contributed by atoms with Crippen LogP contribution < -0.4 is 0 Å². The van der Waals surface area contributed by atoms with Crippen molar-refractivity contribution in [3.63, 3.8) is 0 Å². The summed E-state index contributed by atoms with van der Waals surface area (Å²) in [5.41, 5.74) is 0. The number of rotatable bonds is 45. The van der Waals surface area contributed by atoms with Crippen LogP contribution in [0.25, 0.3) is 0 Å². The van der Waals surface area contributed by atoms with E-state index in [0.29, 0.717) is 19.3 Å². The predicted octanol–water partition coefficient (Wildman–Crippen LogP) is 16.4. The van der Waals surface area contributed by atoms with Gasteiger partial charge >= 0.3 is 17.9 Å². The smallest absolute Gasteiger partial charge is 0.306 e. The molecule has 0 unspecified atom stereocenters. The number of hydrogen-bond acceptors (Lipinski definition) is 6. The Morgan fingerprint density at radius 3 is 0.741 bits per heavy atom. The number of esters is 3. The van der Waals surface area contributed by atoms with Crippen LogP contribution in [-0.2, 0) is 28.6 Å². The minimum Gasteiger partial charge on any atom is -0.462 e. The van der Waals surface area contributed by atoms with Gasteiger partial charge in [0.15, 0.2) is 6.10 Å².